The summed E-state index contributed by atoms with van der Waals surface area (Å²) in [6.45, 7) is 8.83. The Hall–Kier alpha value is -1.22. The summed E-state index contributed by atoms with van der Waals surface area (Å²) in [5.74, 6) is 0.903. The van der Waals surface area contributed by atoms with E-state index in [0.717, 1.165) is 24.6 Å². The first-order chi connectivity index (χ1) is 8.55. The first-order valence-electron chi connectivity index (χ1n) is 6.76. The molecule has 1 aromatic rings. The van der Waals surface area contributed by atoms with Crippen LogP contribution in [0.3, 0.4) is 0 Å². The van der Waals surface area contributed by atoms with Crippen molar-refractivity contribution in [1.29, 1.82) is 0 Å². The number of nitrogen functional groups attached to an aromatic ring is 1. The van der Waals surface area contributed by atoms with Gasteiger partial charge in [-0.3, -0.25) is 4.90 Å². The van der Waals surface area contributed by atoms with Gasteiger partial charge < -0.3 is 10.5 Å². The minimum Gasteiger partial charge on any atom is -0.492 e. The van der Waals surface area contributed by atoms with Crippen molar-refractivity contribution in [3.63, 3.8) is 0 Å². The van der Waals surface area contributed by atoms with Crippen LogP contribution >= 0.6 is 0 Å². The summed E-state index contributed by atoms with van der Waals surface area (Å²) in [7, 11) is 0. The monoisotopic (exact) mass is 248 g/mol. The van der Waals surface area contributed by atoms with Crippen LogP contribution in [0, 0.1) is 5.41 Å². The van der Waals surface area contributed by atoms with Crippen LogP contribution in [-0.4, -0.2) is 31.1 Å². The van der Waals surface area contributed by atoms with Crippen LogP contribution in [0.25, 0.3) is 0 Å². The molecule has 0 aliphatic carbocycles. The summed E-state index contributed by atoms with van der Waals surface area (Å²) in [5, 5.41) is 0. The number of rotatable bonds is 4. The lowest BCUT2D eigenvalue weighted by Gasteiger charge is -2.37. The lowest BCUT2D eigenvalue weighted by Crippen LogP contribution is -2.41. The van der Waals surface area contributed by atoms with E-state index >= 15 is 0 Å². The lowest BCUT2D eigenvalue weighted by atomic mass is 9.84. The maximum absolute atomic E-state index is 5.73. The van der Waals surface area contributed by atoms with Crippen LogP contribution in [0.2, 0.25) is 0 Å². The van der Waals surface area contributed by atoms with Crippen molar-refractivity contribution in [3.8, 4) is 5.75 Å². The number of piperidine rings is 1. The molecule has 0 atom stereocenters. The van der Waals surface area contributed by atoms with Gasteiger partial charge in [-0.2, -0.15) is 0 Å². The Kier molecular flexibility index (Phi) is 4.12. The molecule has 0 amide bonds. The number of likely N-dealkylation sites (tertiary alicyclic amines) is 1. The molecule has 0 aromatic heterocycles. The van der Waals surface area contributed by atoms with Crippen molar-refractivity contribution < 1.29 is 4.74 Å². The number of benzene rings is 1. The first-order valence-corrected chi connectivity index (χ1v) is 6.76. The van der Waals surface area contributed by atoms with Crippen LogP contribution < -0.4 is 10.5 Å². The van der Waals surface area contributed by atoms with Gasteiger partial charge in [0.1, 0.15) is 12.4 Å². The fourth-order valence-electron chi connectivity index (χ4n) is 2.59. The molecule has 2 N–H and O–H groups in total. The zero-order chi connectivity index (χ0) is 13.0. The van der Waals surface area contributed by atoms with E-state index < -0.39 is 0 Å². The standard InChI is InChI=1S/C15H24N2O/c1-15(2)8-3-9-17(12-15)10-11-18-14-6-4-13(16)5-7-14/h4-7H,3,8-12,16H2,1-2H3. The van der Waals surface area contributed by atoms with Gasteiger partial charge in [0.05, 0.1) is 0 Å². The van der Waals surface area contributed by atoms with E-state index in [1.54, 1.807) is 0 Å². The van der Waals surface area contributed by atoms with Crippen LogP contribution in [0.5, 0.6) is 5.75 Å². The maximum atomic E-state index is 5.73. The molecule has 0 bridgehead atoms. The normalized spacial score (nSPS) is 19.7. The van der Waals surface area contributed by atoms with Crippen molar-refractivity contribution >= 4 is 5.69 Å². The van der Waals surface area contributed by atoms with E-state index in [1.165, 1.54) is 25.9 Å². The molecular formula is C15H24N2O. The Bertz CT molecular complexity index is 373. The molecule has 1 aliphatic rings. The minimum atomic E-state index is 0.458. The molecule has 1 aromatic carbocycles. The summed E-state index contributed by atoms with van der Waals surface area (Å²) >= 11 is 0. The van der Waals surface area contributed by atoms with Crippen LogP contribution in [-0.2, 0) is 0 Å². The summed E-state index contributed by atoms with van der Waals surface area (Å²) < 4.78 is 5.73. The van der Waals surface area contributed by atoms with Crippen LogP contribution in [0.1, 0.15) is 26.7 Å². The smallest absolute Gasteiger partial charge is 0.119 e. The highest BCUT2D eigenvalue weighted by Crippen LogP contribution is 2.28. The number of hydrogen-bond acceptors (Lipinski definition) is 3. The molecule has 100 valence electrons. The van der Waals surface area contributed by atoms with Gasteiger partial charge in [0.2, 0.25) is 0 Å². The van der Waals surface area contributed by atoms with Gasteiger partial charge in [-0.15, -0.1) is 0 Å². The topological polar surface area (TPSA) is 38.5 Å². The molecule has 18 heavy (non-hydrogen) atoms. The van der Waals surface area contributed by atoms with Crippen molar-refractivity contribution in [2.75, 3.05) is 32.0 Å². The Morgan fingerprint density at radius 1 is 1.28 bits per heavy atom. The van der Waals surface area contributed by atoms with Gasteiger partial charge in [0.15, 0.2) is 0 Å². The van der Waals surface area contributed by atoms with Gasteiger partial charge in [-0.05, 0) is 49.1 Å². The molecule has 1 saturated heterocycles. The fourth-order valence-corrected chi connectivity index (χ4v) is 2.59. The highest BCUT2D eigenvalue weighted by molar-refractivity contribution is 5.41. The Balaban J connectivity index is 1.73. The SMILES string of the molecule is CC1(C)CCCN(CCOc2ccc(N)cc2)C1. The molecule has 0 unspecified atom stereocenters. The highest BCUT2D eigenvalue weighted by atomic mass is 16.5. The van der Waals surface area contributed by atoms with Crippen LogP contribution in [0.4, 0.5) is 5.69 Å². The third kappa shape index (κ3) is 3.91. The summed E-state index contributed by atoms with van der Waals surface area (Å²) in [4.78, 5) is 2.50. The minimum absolute atomic E-state index is 0.458. The summed E-state index contributed by atoms with van der Waals surface area (Å²) in [6.07, 6.45) is 2.64. The number of nitrogens with zero attached hydrogens (tertiary/aromatic N) is 1. The van der Waals surface area contributed by atoms with E-state index in [9.17, 15) is 0 Å². The third-order valence-corrected chi connectivity index (χ3v) is 3.54. The molecule has 0 radical (unpaired) electrons. The number of anilines is 1. The second-order valence-corrected chi connectivity index (χ2v) is 5.96. The average molecular weight is 248 g/mol. The molecule has 0 saturated carbocycles. The number of hydrogen-bond donors (Lipinski definition) is 1. The number of ether oxygens (including phenoxy) is 1. The Morgan fingerprint density at radius 2 is 2.00 bits per heavy atom. The fraction of sp³-hybridized carbons (Fsp3) is 0.600. The van der Waals surface area contributed by atoms with Gasteiger partial charge in [-0.25, -0.2) is 0 Å². The lowest BCUT2D eigenvalue weighted by molar-refractivity contribution is 0.102. The zero-order valence-corrected chi connectivity index (χ0v) is 11.5. The Morgan fingerprint density at radius 3 is 2.67 bits per heavy atom. The van der Waals surface area contributed by atoms with E-state index in [-0.39, 0.29) is 0 Å². The molecule has 1 heterocycles. The third-order valence-electron chi connectivity index (χ3n) is 3.54. The largest absolute Gasteiger partial charge is 0.492 e. The predicted octanol–water partition coefficient (Wildman–Crippen LogP) is 2.77. The van der Waals surface area contributed by atoms with Crippen molar-refractivity contribution in [2.45, 2.75) is 26.7 Å². The van der Waals surface area contributed by atoms with Gasteiger partial charge >= 0.3 is 0 Å². The van der Waals surface area contributed by atoms with Crippen molar-refractivity contribution in [1.82, 2.24) is 4.90 Å². The molecule has 1 aliphatic heterocycles. The second kappa shape index (κ2) is 5.61. The van der Waals surface area contributed by atoms with Crippen molar-refractivity contribution in [2.24, 2.45) is 5.41 Å². The molecular weight excluding hydrogens is 224 g/mol. The highest BCUT2D eigenvalue weighted by Gasteiger charge is 2.25. The zero-order valence-electron chi connectivity index (χ0n) is 11.5. The quantitative estimate of drug-likeness (QED) is 0.833. The number of nitrogens with two attached hydrogens (primary N) is 1. The molecule has 3 nitrogen and oxygen atoms in total. The van der Waals surface area contributed by atoms with Gasteiger partial charge in [0, 0.05) is 18.8 Å². The van der Waals surface area contributed by atoms with E-state index in [2.05, 4.69) is 18.7 Å². The second-order valence-electron chi connectivity index (χ2n) is 5.96. The van der Waals surface area contributed by atoms with E-state index in [0.29, 0.717) is 5.41 Å². The van der Waals surface area contributed by atoms with E-state index in [4.69, 9.17) is 10.5 Å². The molecule has 3 heteroatoms. The van der Waals surface area contributed by atoms with Gasteiger partial charge in [-0.1, -0.05) is 13.8 Å². The summed E-state index contributed by atoms with van der Waals surface area (Å²) in [6, 6.07) is 7.60. The predicted molar refractivity (Wildman–Crippen MR) is 75.8 cm³/mol. The Labute approximate surface area is 110 Å². The molecule has 2 rings (SSSR count). The summed E-state index contributed by atoms with van der Waals surface area (Å²) in [5.41, 5.74) is 6.87. The van der Waals surface area contributed by atoms with Crippen molar-refractivity contribution in [3.05, 3.63) is 24.3 Å². The van der Waals surface area contributed by atoms with E-state index in [1.807, 2.05) is 24.3 Å². The average Bonchev–Trinajstić information content (AvgIpc) is 2.30. The van der Waals surface area contributed by atoms with Gasteiger partial charge in [0.25, 0.3) is 0 Å². The molecule has 1 fully saturated rings. The first kappa shape index (κ1) is 13.2. The van der Waals surface area contributed by atoms with Crippen LogP contribution in [0.15, 0.2) is 24.3 Å². The molecule has 0 spiro atoms. The maximum Gasteiger partial charge on any atom is 0.119 e.